The van der Waals surface area contributed by atoms with E-state index < -0.39 is 21.3 Å². The molecule has 2 aromatic carbocycles. The first-order valence-electron chi connectivity index (χ1n) is 12.4. The number of anilines is 2. The number of aromatic nitrogens is 3. The summed E-state index contributed by atoms with van der Waals surface area (Å²) >= 11 is 2.23. The Balaban J connectivity index is 1.81. The van der Waals surface area contributed by atoms with E-state index in [0.717, 1.165) is 21.1 Å². The quantitative estimate of drug-likeness (QED) is 0.293. The molecule has 2 aromatic heterocycles. The minimum absolute atomic E-state index is 0.176. The van der Waals surface area contributed by atoms with Crippen molar-refractivity contribution in [1.29, 1.82) is 0 Å². The van der Waals surface area contributed by atoms with Crippen molar-refractivity contribution in [2.24, 2.45) is 7.05 Å². The van der Waals surface area contributed by atoms with E-state index in [-0.39, 0.29) is 40.3 Å². The molecular weight excluding hydrogens is 633 g/mol. The molecule has 0 unspecified atom stereocenters. The number of benzene rings is 2. The Morgan fingerprint density at radius 2 is 1.74 bits per heavy atom. The first kappa shape index (κ1) is 27.2. The first-order chi connectivity index (χ1) is 18.4. The molecule has 2 N–H and O–H groups in total. The van der Waals surface area contributed by atoms with Gasteiger partial charge in [-0.25, -0.2) is 13.2 Å². The molecule has 1 aliphatic rings. The number of sulfonamides is 1. The number of nitrogens with one attached hydrogen (secondary N) is 2. The molecule has 0 bridgehead atoms. The molecule has 4 aromatic rings. The normalized spacial score (nSPS) is 13.6. The summed E-state index contributed by atoms with van der Waals surface area (Å²) in [7, 11) is -1.95. The Hall–Kier alpha value is -3.39. The third kappa shape index (κ3) is 5.14. The summed E-state index contributed by atoms with van der Waals surface area (Å²) in [6.45, 7) is 3.78. The van der Waals surface area contributed by atoms with Gasteiger partial charge in [0.05, 0.1) is 40.8 Å². The van der Waals surface area contributed by atoms with Gasteiger partial charge in [-0.3, -0.25) is 23.4 Å². The molecule has 10 nitrogen and oxygen atoms in total. The van der Waals surface area contributed by atoms with Crippen molar-refractivity contribution in [3.05, 3.63) is 94.0 Å². The fourth-order valence-corrected chi connectivity index (χ4v) is 6.27. The summed E-state index contributed by atoms with van der Waals surface area (Å²) in [5, 5.41) is 3.63. The van der Waals surface area contributed by atoms with E-state index in [1.807, 2.05) is 25.1 Å². The standard InChI is InChI=1S/C27H28IN5O5S/c1-15-8-11-21(20(28)12-15)29-14-22-23-24(16(2)25(34)31(22)3)32(27(36)33(26(23)35)18-9-10-18)19-7-5-6-17(13-19)30-39(4,37)38/h5-8,11-13,18,29-30H,9-10,14H2,1-4H3. The van der Waals surface area contributed by atoms with Crippen LogP contribution >= 0.6 is 22.6 Å². The van der Waals surface area contributed by atoms with Crippen LogP contribution in [-0.4, -0.2) is 28.4 Å². The highest BCUT2D eigenvalue weighted by atomic mass is 127. The molecule has 39 heavy (non-hydrogen) atoms. The summed E-state index contributed by atoms with van der Waals surface area (Å²) in [5.41, 5.74) is 2.17. The van der Waals surface area contributed by atoms with Crippen LogP contribution in [0.4, 0.5) is 11.4 Å². The van der Waals surface area contributed by atoms with Gasteiger partial charge in [0.2, 0.25) is 10.0 Å². The molecule has 0 saturated heterocycles. The first-order valence-corrected chi connectivity index (χ1v) is 15.3. The van der Waals surface area contributed by atoms with Crippen molar-refractivity contribution >= 4 is 54.9 Å². The summed E-state index contributed by atoms with van der Waals surface area (Å²) in [5.74, 6) is 0. The predicted octanol–water partition coefficient (Wildman–Crippen LogP) is 3.39. The van der Waals surface area contributed by atoms with Gasteiger partial charge < -0.3 is 9.88 Å². The van der Waals surface area contributed by atoms with Crippen LogP contribution in [0.2, 0.25) is 0 Å². The number of hydrogen-bond acceptors (Lipinski definition) is 6. The molecule has 5 rings (SSSR count). The lowest BCUT2D eigenvalue weighted by molar-refractivity contribution is 0.607. The number of aryl methyl sites for hydroxylation is 2. The van der Waals surface area contributed by atoms with Crippen molar-refractivity contribution < 1.29 is 8.42 Å². The number of halogens is 1. The Bertz CT molecular complexity index is 1940. The second-order valence-corrected chi connectivity index (χ2v) is 12.9. The second kappa shape index (κ2) is 9.97. The van der Waals surface area contributed by atoms with E-state index in [1.54, 1.807) is 32.2 Å². The van der Waals surface area contributed by atoms with Crippen LogP contribution in [0.1, 0.15) is 35.7 Å². The minimum Gasteiger partial charge on any atom is -0.379 e. The van der Waals surface area contributed by atoms with Gasteiger partial charge in [-0.15, -0.1) is 0 Å². The summed E-state index contributed by atoms with van der Waals surface area (Å²) in [6.07, 6.45) is 2.45. The number of nitrogens with zero attached hydrogens (tertiary/aromatic N) is 3. The molecule has 2 heterocycles. The van der Waals surface area contributed by atoms with Crippen LogP contribution in [-0.2, 0) is 23.6 Å². The molecule has 1 aliphatic carbocycles. The van der Waals surface area contributed by atoms with Crippen molar-refractivity contribution in [3.8, 4) is 5.69 Å². The van der Waals surface area contributed by atoms with Gasteiger partial charge in [0.15, 0.2) is 0 Å². The van der Waals surface area contributed by atoms with E-state index in [1.165, 1.54) is 19.8 Å². The topological polar surface area (TPSA) is 124 Å². The molecular formula is C27H28IN5O5S. The molecule has 0 aliphatic heterocycles. The third-order valence-corrected chi connectivity index (χ3v) is 8.35. The molecule has 1 fully saturated rings. The predicted molar refractivity (Wildman–Crippen MR) is 162 cm³/mol. The van der Waals surface area contributed by atoms with Gasteiger partial charge in [0.1, 0.15) is 0 Å². The lowest BCUT2D eigenvalue weighted by atomic mass is 10.1. The van der Waals surface area contributed by atoms with Gasteiger partial charge in [-0.2, -0.15) is 0 Å². The van der Waals surface area contributed by atoms with Crippen LogP contribution in [0.3, 0.4) is 0 Å². The van der Waals surface area contributed by atoms with E-state index in [4.69, 9.17) is 0 Å². The maximum atomic E-state index is 13.9. The van der Waals surface area contributed by atoms with Crippen molar-refractivity contribution in [2.45, 2.75) is 39.3 Å². The van der Waals surface area contributed by atoms with Crippen LogP contribution in [0.15, 0.2) is 56.8 Å². The zero-order valence-corrected chi connectivity index (χ0v) is 24.9. The van der Waals surface area contributed by atoms with Crippen LogP contribution in [0.25, 0.3) is 16.6 Å². The fourth-order valence-electron chi connectivity index (χ4n) is 4.85. The highest BCUT2D eigenvalue weighted by Crippen LogP contribution is 2.33. The Morgan fingerprint density at radius 3 is 2.38 bits per heavy atom. The number of rotatable bonds is 7. The molecule has 12 heteroatoms. The highest BCUT2D eigenvalue weighted by molar-refractivity contribution is 14.1. The highest BCUT2D eigenvalue weighted by Gasteiger charge is 2.31. The van der Waals surface area contributed by atoms with Crippen molar-refractivity contribution in [1.82, 2.24) is 13.7 Å². The van der Waals surface area contributed by atoms with E-state index >= 15 is 0 Å². The maximum absolute atomic E-state index is 13.9. The van der Waals surface area contributed by atoms with Gasteiger partial charge in [-0.1, -0.05) is 12.1 Å². The second-order valence-electron chi connectivity index (χ2n) is 9.95. The smallest absolute Gasteiger partial charge is 0.336 e. The van der Waals surface area contributed by atoms with Gasteiger partial charge in [-0.05, 0) is 85.2 Å². The van der Waals surface area contributed by atoms with Crippen molar-refractivity contribution in [3.63, 3.8) is 0 Å². The lowest BCUT2D eigenvalue weighted by Crippen LogP contribution is -2.41. The van der Waals surface area contributed by atoms with E-state index in [9.17, 15) is 22.8 Å². The van der Waals surface area contributed by atoms with Crippen LogP contribution < -0.4 is 26.8 Å². The van der Waals surface area contributed by atoms with Crippen LogP contribution in [0, 0.1) is 17.4 Å². The SMILES string of the molecule is Cc1ccc(NCc2c3c(=O)n(C4CC4)c(=O)n(-c4cccc(NS(C)(=O)=O)c4)c3c(C)c(=O)n2C)c(I)c1. The Morgan fingerprint density at radius 1 is 1.03 bits per heavy atom. The van der Waals surface area contributed by atoms with Crippen molar-refractivity contribution in [2.75, 3.05) is 16.3 Å². The number of pyridine rings is 1. The van der Waals surface area contributed by atoms with Gasteiger partial charge >= 0.3 is 5.69 Å². The molecule has 0 spiro atoms. The molecule has 1 saturated carbocycles. The zero-order chi connectivity index (χ0) is 28.2. The fraction of sp³-hybridized carbons (Fsp3) is 0.296. The number of fused-ring (bicyclic) bond motifs is 1. The van der Waals surface area contributed by atoms with Gasteiger partial charge in [0.25, 0.3) is 11.1 Å². The molecule has 0 radical (unpaired) electrons. The van der Waals surface area contributed by atoms with E-state index in [0.29, 0.717) is 24.2 Å². The summed E-state index contributed by atoms with van der Waals surface area (Å²) < 4.78 is 31.2. The Labute approximate surface area is 238 Å². The third-order valence-electron chi connectivity index (χ3n) is 6.86. The van der Waals surface area contributed by atoms with Crippen LogP contribution in [0.5, 0.6) is 0 Å². The molecule has 204 valence electrons. The minimum atomic E-state index is -3.57. The Kier molecular flexibility index (Phi) is 6.95. The summed E-state index contributed by atoms with van der Waals surface area (Å²) in [4.78, 5) is 41.2. The average Bonchev–Trinajstić information content (AvgIpc) is 3.68. The van der Waals surface area contributed by atoms with E-state index in [2.05, 4.69) is 32.6 Å². The largest absolute Gasteiger partial charge is 0.379 e. The average molecular weight is 662 g/mol. The zero-order valence-electron chi connectivity index (χ0n) is 21.9. The number of hydrogen-bond donors (Lipinski definition) is 2. The molecule has 0 atom stereocenters. The summed E-state index contributed by atoms with van der Waals surface area (Å²) in [6, 6.07) is 12.1. The maximum Gasteiger partial charge on any atom is 0.336 e. The molecule has 0 amide bonds. The lowest BCUT2D eigenvalue weighted by Gasteiger charge is -2.21. The monoisotopic (exact) mass is 661 g/mol. The van der Waals surface area contributed by atoms with Gasteiger partial charge in [0, 0.05) is 27.9 Å².